The molecule has 2 N–H and O–H groups in total. The van der Waals surface area contributed by atoms with Gasteiger partial charge in [-0.25, -0.2) is 0 Å². The highest BCUT2D eigenvalue weighted by atomic mass is 19.4. The lowest BCUT2D eigenvalue weighted by Crippen LogP contribution is -2.31. The van der Waals surface area contributed by atoms with Gasteiger partial charge in [0.1, 0.15) is 0 Å². The fourth-order valence-electron chi connectivity index (χ4n) is 2.38. The third-order valence-corrected chi connectivity index (χ3v) is 3.53. The summed E-state index contributed by atoms with van der Waals surface area (Å²) in [5.41, 5.74) is 5.60. The molecule has 0 bridgehead atoms. The molecule has 0 amide bonds. The van der Waals surface area contributed by atoms with E-state index in [0.29, 0.717) is 11.7 Å². The topological polar surface area (TPSA) is 32.5 Å². The lowest BCUT2D eigenvalue weighted by Gasteiger charge is -2.23. The molecule has 1 saturated heterocycles. The minimum Gasteiger partial charge on any atom is -0.399 e. The molecule has 0 unspecified atom stereocenters. The molecule has 2 rings (SSSR count). The Hall–Kier alpha value is -1.43. The molecule has 1 aromatic rings. The molecular weight excluding hydrogens is 255 g/mol. The van der Waals surface area contributed by atoms with Crippen LogP contribution in [0.4, 0.5) is 24.5 Å². The standard InChI is InChI=1S/C13H18F3N3/c1-18(2)11-3-4-19(8-11)12-6-9(13(14,15)16)5-10(17)7-12/h5-7,11H,3-4,8,17H2,1-2H3/t11-/m1/s1. The highest BCUT2D eigenvalue weighted by Gasteiger charge is 2.32. The third-order valence-electron chi connectivity index (χ3n) is 3.53. The largest absolute Gasteiger partial charge is 0.416 e. The van der Waals surface area contributed by atoms with E-state index in [4.69, 9.17) is 5.73 Å². The van der Waals surface area contributed by atoms with E-state index >= 15 is 0 Å². The van der Waals surface area contributed by atoms with Gasteiger partial charge in [-0.15, -0.1) is 0 Å². The Morgan fingerprint density at radius 2 is 1.95 bits per heavy atom. The van der Waals surface area contributed by atoms with Crippen molar-refractivity contribution >= 4 is 11.4 Å². The van der Waals surface area contributed by atoms with Crippen molar-refractivity contribution in [2.45, 2.75) is 18.6 Å². The summed E-state index contributed by atoms with van der Waals surface area (Å²) < 4.78 is 38.3. The quantitative estimate of drug-likeness (QED) is 0.840. The lowest BCUT2D eigenvalue weighted by molar-refractivity contribution is -0.137. The number of nitrogens with zero attached hydrogens (tertiary/aromatic N) is 2. The van der Waals surface area contributed by atoms with Gasteiger partial charge >= 0.3 is 6.18 Å². The molecule has 0 radical (unpaired) electrons. The first kappa shape index (κ1) is 14.0. The van der Waals surface area contributed by atoms with Gasteiger partial charge in [-0.05, 0) is 38.7 Å². The normalized spacial score (nSPS) is 20.3. The number of alkyl halides is 3. The summed E-state index contributed by atoms with van der Waals surface area (Å²) in [5, 5.41) is 0. The lowest BCUT2D eigenvalue weighted by atomic mass is 10.1. The molecule has 0 aromatic heterocycles. The van der Waals surface area contributed by atoms with Crippen molar-refractivity contribution in [3.63, 3.8) is 0 Å². The van der Waals surface area contributed by atoms with E-state index in [1.807, 2.05) is 19.0 Å². The van der Waals surface area contributed by atoms with Crippen molar-refractivity contribution in [2.75, 3.05) is 37.8 Å². The average molecular weight is 273 g/mol. The first-order chi connectivity index (χ1) is 8.77. The van der Waals surface area contributed by atoms with Crippen LogP contribution in [0.5, 0.6) is 0 Å². The first-order valence-corrected chi connectivity index (χ1v) is 6.16. The van der Waals surface area contributed by atoms with Gasteiger partial charge in [-0.3, -0.25) is 0 Å². The van der Waals surface area contributed by atoms with Crippen LogP contribution in [0.2, 0.25) is 0 Å². The number of rotatable bonds is 2. The van der Waals surface area contributed by atoms with Crippen LogP contribution in [0.3, 0.4) is 0 Å². The summed E-state index contributed by atoms with van der Waals surface area (Å²) in [4.78, 5) is 4.05. The molecule has 1 aromatic carbocycles. The van der Waals surface area contributed by atoms with Crippen LogP contribution < -0.4 is 10.6 Å². The van der Waals surface area contributed by atoms with Crippen molar-refractivity contribution in [2.24, 2.45) is 0 Å². The van der Waals surface area contributed by atoms with Gasteiger partial charge in [-0.2, -0.15) is 13.2 Å². The fraction of sp³-hybridized carbons (Fsp3) is 0.538. The van der Waals surface area contributed by atoms with Gasteiger partial charge in [-0.1, -0.05) is 0 Å². The van der Waals surface area contributed by atoms with Gasteiger partial charge in [0.05, 0.1) is 5.56 Å². The van der Waals surface area contributed by atoms with Crippen molar-refractivity contribution < 1.29 is 13.2 Å². The average Bonchev–Trinajstić information content (AvgIpc) is 2.76. The van der Waals surface area contributed by atoms with Crippen LogP contribution >= 0.6 is 0 Å². The molecule has 1 atom stereocenters. The Kier molecular flexibility index (Phi) is 3.62. The van der Waals surface area contributed by atoms with Crippen molar-refractivity contribution in [1.82, 2.24) is 4.90 Å². The van der Waals surface area contributed by atoms with E-state index in [2.05, 4.69) is 4.90 Å². The number of nitrogen functional groups attached to an aromatic ring is 1. The third kappa shape index (κ3) is 3.12. The predicted molar refractivity (Wildman–Crippen MR) is 70.2 cm³/mol. The summed E-state index contributed by atoms with van der Waals surface area (Å²) >= 11 is 0. The zero-order valence-corrected chi connectivity index (χ0v) is 11.0. The van der Waals surface area contributed by atoms with Gasteiger partial charge in [0.15, 0.2) is 0 Å². The zero-order valence-electron chi connectivity index (χ0n) is 11.0. The summed E-state index contributed by atoms with van der Waals surface area (Å²) in [7, 11) is 3.96. The Morgan fingerprint density at radius 1 is 1.26 bits per heavy atom. The highest BCUT2D eigenvalue weighted by molar-refractivity contribution is 5.59. The van der Waals surface area contributed by atoms with Crippen molar-refractivity contribution in [1.29, 1.82) is 0 Å². The monoisotopic (exact) mass is 273 g/mol. The number of hydrogen-bond acceptors (Lipinski definition) is 3. The summed E-state index contributed by atoms with van der Waals surface area (Å²) in [6.07, 6.45) is -3.41. The fourth-order valence-corrected chi connectivity index (χ4v) is 2.38. The van der Waals surface area contributed by atoms with E-state index in [0.717, 1.165) is 25.6 Å². The van der Waals surface area contributed by atoms with E-state index in [1.54, 1.807) is 6.07 Å². The number of nitrogens with two attached hydrogens (primary N) is 1. The van der Waals surface area contributed by atoms with E-state index in [1.165, 1.54) is 6.07 Å². The van der Waals surface area contributed by atoms with Crippen LogP contribution in [0.1, 0.15) is 12.0 Å². The number of likely N-dealkylation sites (N-methyl/N-ethyl adjacent to an activating group) is 1. The van der Waals surface area contributed by atoms with Crippen LogP contribution in [0.15, 0.2) is 18.2 Å². The van der Waals surface area contributed by atoms with Gasteiger partial charge in [0.2, 0.25) is 0 Å². The second-order valence-electron chi connectivity index (χ2n) is 5.16. The molecule has 3 nitrogen and oxygen atoms in total. The number of anilines is 2. The van der Waals surface area contributed by atoms with E-state index < -0.39 is 11.7 Å². The van der Waals surface area contributed by atoms with Gasteiger partial charge in [0, 0.05) is 30.5 Å². The predicted octanol–water partition coefficient (Wildman–Crippen LogP) is 2.43. The molecule has 1 fully saturated rings. The molecule has 1 aliphatic heterocycles. The molecule has 1 aliphatic rings. The van der Waals surface area contributed by atoms with E-state index in [9.17, 15) is 13.2 Å². The Bertz CT molecular complexity index is 457. The maximum absolute atomic E-state index is 12.8. The molecule has 0 spiro atoms. The second kappa shape index (κ2) is 4.92. The smallest absolute Gasteiger partial charge is 0.399 e. The highest BCUT2D eigenvalue weighted by Crippen LogP contribution is 2.34. The Labute approximate surface area is 110 Å². The van der Waals surface area contributed by atoms with Crippen molar-refractivity contribution in [3.8, 4) is 0 Å². The number of hydrogen-bond donors (Lipinski definition) is 1. The molecule has 0 aliphatic carbocycles. The number of benzene rings is 1. The maximum atomic E-state index is 12.8. The first-order valence-electron chi connectivity index (χ1n) is 6.16. The summed E-state index contributed by atoms with van der Waals surface area (Å²) in [5.74, 6) is 0. The zero-order chi connectivity index (χ0) is 14.2. The van der Waals surface area contributed by atoms with Crippen LogP contribution in [-0.4, -0.2) is 38.1 Å². The molecule has 1 heterocycles. The molecule has 106 valence electrons. The second-order valence-corrected chi connectivity index (χ2v) is 5.16. The molecule has 6 heteroatoms. The van der Waals surface area contributed by atoms with Gasteiger partial charge in [0.25, 0.3) is 0 Å². The number of halogens is 3. The van der Waals surface area contributed by atoms with Crippen LogP contribution in [0.25, 0.3) is 0 Å². The van der Waals surface area contributed by atoms with Gasteiger partial charge < -0.3 is 15.5 Å². The van der Waals surface area contributed by atoms with Crippen molar-refractivity contribution in [3.05, 3.63) is 23.8 Å². The maximum Gasteiger partial charge on any atom is 0.416 e. The molecule has 0 saturated carbocycles. The van der Waals surface area contributed by atoms with E-state index in [-0.39, 0.29) is 5.69 Å². The SMILES string of the molecule is CN(C)[C@@H]1CCN(c2cc(N)cc(C(F)(F)F)c2)C1. The summed E-state index contributed by atoms with van der Waals surface area (Å²) in [6.45, 7) is 1.48. The Balaban J connectivity index is 2.24. The molecule has 19 heavy (non-hydrogen) atoms. The molecular formula is C13H18F3N3. The van der Waals surface area contributed by atoms with Crippen LogP contribution in [0, 0.1) is 0 Å². The summed E-state index contributed by atoms with van der Waals surface area (Å²) in [6, 6.07) is 4.13. The minimum absolute atomic E-state index is 0.151. The van der Waals surface area contributed by atoms with Crippen LogP contribution in [-0.2, 0) is 6.18 Å². The Morgan fingerprint density at radius 3 is 2.47 bits per heavy atom. The minimum atomic E-state index is -4.36.